The van der Waals surface area contributed by atoms with Crippen LogP contribution in [0.25, 0.3) is 0 Å². The maximum absolute atomic E-state index is 10.8. The molecule has 0 spiro atoms. The van der Waals surface area contributed by atoms with E-state index in [4.69, 9.17) is 5.41 Å². The molecule has 0 aromatic rings. The summed E-state index contributed by atoms with van der Waals surface area (Å²) in [5.41, 5.74) is 0. The molecule has 0 aromatic heterocycles. The minimum Gasteiger partial charge on any atom is -0.360 e. The highest BCUT2D eigenvalue weighted by Crippen LogP contribution is 2.16. The van der Waals surface area contributed by atoms with Gasteiger partial charge in [-0.2, -0.15) is 0 Å². The van der Waals surface area contributed by atoms with Gasteiger partial charge in [0.25, 0.3) is 0 Å². The second kappa shape index (κ2) is 3.38. The first-order valence-electron chi connectivity index (χ1n) is 3.86. The van der Waals surface area contributed by atoms with Crippen molar-refractivity contribution >= 4 is 12.1 Å². The van der Waals surface area contributed by atoms with Crippen LogP contribution in [-0.2, 0) is 4.79 Å². The number of carbonyl (C=O) groups is 1. The fourth-order valence-electron chi connectivity index (χ4n) is 1.18. The summed E-state index contributed by atoms with van der Waals surface area (Å²) in [4.78, 5) is 12.7. The molecule has 1 saturated heterocycles. The van der Waals surface area contributed by atoms with Crippen LogP contribution >= 0.6 is 0 Å². The van der Waals surface area contributed by atoms with E-state index in [1.807, 2.05) is 18.9 Å². The van der Waals surface area contributed by atoms with Crippen LogP contribution < -0.4 is 5.32 Å². The Hall–Kier alpha value is -1.32. The van der Waals surface area contributed by atoms with Crippen molar-refractivity contribution in [1.29, 1.82) is 5.41 Å². The van der Waals surface area contributed by atoms with Crippen molar-refractivity contribution in [2.45, 2.75) is 13.1 Å². The van der Waals surface area contributed by atoms with Gasteiger partial charge in [0.2, 0.25) is 5.91 Å². The van der Waals surface area contributed by atoms with Gasteiger partial charge in [-0.25, -0.2) is 0 Å². The molecular formula is C8H13N3O. The van der Waals surface area contributed by atoms with Crippen LogP contribution in [0.2, 0.25) is 0 Å². The summed E-state index contributed by atoms with van der Waals surface area (Å²) in [5.74, 6) is 0.139. The van der Waals surface area contributed by atoms with Crippen molar-refractivity contribution < 1.29 is 4.79 Å². The Morgan fingerprint density at radius 3 is 2.75 bits per heavy atom. The van der Waals surface area contributed by atoms with Crippen molar-refractivity contribution in [2.75, 3.05) is 7.05 Å². The highest BCUT2D eigenvalue weighted by molar-refractivity contribution is 5.85. The molecule has 0 bridgehead atoms. The Bertz CT molecular complexity index is 224. The van der Waals surface area contributed by atoms with Crippen molar-refractivity contribution in [3.05, 3.63) is 12.3 Å². The number of rotatable bonds is 3. The summed E-state index contributed by atoms with van der Waals surface area (Å²) in [7, 11) is 1.88. The van der Waals surface area contributed by atoms with E-state index in [1.54, 1.807) is 12.3 Å². The molecule has 1 aliphatic rings. The Balaban J connectivity index is 2.44. The second-order valence-electron chi connectivity index (χ2n) is 2.92. The van der Waals surface area contributed by atoms with Gasteiger partial charge in [-0.15, -0.1) is 0 Å². The van der Waals surface area contributed by atoms with E-state index < -0.39 is 0 Å². The molecule has 4 heteroatoms. The summed E-state index contributed by atoms with van der Waals surface area (Å²) in [6, 6.07) is 0. The maximum atomic E-state index is 10.8. The average molecular weight is 167 g/mol. The first-order valence-corrected chi connectivity index (χ1v) is 3.86. The quantitative estimate of drug-likeness (QED) is 0.465. The number of amides is 1. The zero-order valence-electron chi connectivity index (χ0n) is 7.24. The molecule has 4 nitrogen and oxygen atoms in total. The first kappa shape index (κ1) is 8.77. The molecule has 1 aliphatic heterocycles. The smallest absolute Gasteiger partial charge is 0.228 e. The number of hydrogen-bond donors (Lipinski definition) is 2. The summed E-state index contributed by atoms with van der Waals surface area (Å²) in [6.07, 6.45) is 4.70. The van der Waals surface area contributed by atoms with Gasteiger partial charge in [-0.05, 0) is 13.0 Å². The molecule has 2 N–H and O–H groups in total. The maximum Gasteiger partial charge on any atom is 0.228 e. The lowest BCUT2D eigenvalue weighted by atomic mass is 9.99. The third-order valence-corrected chi connectivity index (χ3v) is 2.03. The van der Waals surface area contributed by atoms with Gasteiger partial charge in [-0.3, -0.25) is 4.79 Å². The lowest BCUT2D eigenvalue weighted by molar-refractivity contribution is -0.138. The van der Waals surface area contributed by atoms with Gasteiger partial charge < -0.3 is 15.6 Å². The van der Waals surface area contributed by atoms with Crippen LogP contribution in [0.3, 0.4) is 0 Å². The largest absolute Gasteiger partial charge is 0.360 e. The molecule has 0 aliphatic carbocycles. The molecule has 0 unspecified atom stereocenters. The predicted octanol–water partition coefficient (Wildman–Crippen LogP) is 0.173. The Morgan fingerprint density at radius 1 is 1.67 bits per heavy atom. The minimum atomic E-state index is 0.0467. The summed E-state index contributed by atoms with van der Waals surface area (Å²) in [5, 5.41) is 9.54. The molecule has 2 atom stereocenters. The van der Waals surface area contributed by atoms with Crippen molar-refractivity contribution in [2.24, 2.45) is 5.92 Å². The molecule has 0 saturated carbocycles. The molecule has 0 radical (unpaired) electrons. The lowest BCUT2D eigenvalue weighted by Gasteiger charge is -2.40. The van der Waals surface area contributed by atoms with Gasteiger partial charge in [0.05, 0.1) is 5.92 Å². The average Bonchev–Trinajstić information content (AvgIpc) is 2.09. The van der Waals surface area contributed by atoms with Gasteiger partial charge >= 0.3 is 0 Å². The minimum absolute atomic E-state index is 0.0467. The van der Waals surface area contributed by atoms with E-state index in [1.165, 1.54) is 6.21 Å². The van der Waals surface area contributed by atoms with Crippen molar-refractivity contribution in [3.63, 3.8) is 0 Å². The standard InChI is InChI=1S/C8H13N3O/c1-6-7(10-8(6)12)11(2)5-3-4-9/h3-7,9H,1-2H3,(H,10,12)/b5-3-,9-4?/t6-,7-/m0/s1. The highest BCUT2D eigenvalue weighted by Gasteiger charge is 2.36. The zero-order valence-corrected chi connectivity index (χ0v) is 7.24. The van der Waals surface area contributed by atoms with Crippen LogP contribution in [-0.4, -0.2) is 30.2 Å². The Labute approximate surface area is 71.8 Å². The molecule has 1 heterocycles. The summed E-state index contributed by atoms with van der Waals surface area (Å²) >= 11 is 0. The second-order valence-corrected chi connectivity index (χ2v) is 2.92. The van der Waals surface area contributed by atoms with E-state index >= 15 is 0 Å². The predicted molar refractivity (Wildman–Crippen MR) is 46.8 cm³/mol. The van der Waals surface area contributed by atoms with Crippen LogP contribution in [0.15, 0.2) is 12.3 Å². The van der Waals surface area contributed by atoms with E-state index in [0.717, 1.165) is 0 Å². The number of carbonyl (C=O) groups excluding carboxylic acids is 1. The van der Waals surface area contributed by atoms with Gasteiger partial charge in [0.1, 0.15) is 6.17 Å². The van der Waals surface area contributed by atoms with Crippen molar-refractivity contribution in [3.8, 4) is 0 Å². The topological polar surface area (TPSA) is 56.2 Å². The third kappa shape index (κ3) is 1.47. The third-order valence-electron chi connectivity index (χ3n) is 2.03. The fourth-order valence-corrected chi connectivity index (χ4v) is 1.18. The van der Waals surface area contributed by atoms with Gasteiger partial charge in [0, 0.05) is 19.5 Å². The molecule has 12 heavy (non-hydrogen) atoms. The lowest BCUT2D eigenvalue weighted by Crippen LogP contribution is -2.62. The van der Waals surface area contributed by atoms with Crippen LogP contribution in [0, 0.1) is 11.3 Å². The zero-order chi connectivity index (χ0) is 9.14. The number of β-lactam (4-membered cyclic amide) rings is 1. The number of allylic oxidation sites excluding steroid dienone is 1. The van der Waals surface area contributed by atoms with Crippen molar-refractivity contribution in [1.82, 2.24) is 10.2 Å². The monoisotopic (exact) mass is 167 g/mol. The SMILES string of the molecule is C[C@@H]1C(=O)N[C@H]1N(C)/C=C\C=N. The Kier molecular flexibility index (Phi) is 2.47. The van der Waals surface area contributed by atoms with Gasteiger partial charge in [-0.1, -0.05) is 0 Å². The molecule has 0 aromatic carbocycles. The number of hydrogen-bond acceptors (Lipinski definition) is 3. The van der Waals surface area contributed by atoms with E-state index in [0.29, 0.717) is 0 Å². The van der Waals surface area contributed by atoms with Crippen LogP contribution in [0.5, 0.6) is 0 Å². The van der Waals surface area contributed by atoms with E-state index in [2.05, 4.69) is 5.32 Å². The van der Waals surface area contributed by atoms with Gasteiger partial charge in [0.15, 0.2) is 0 Å². The number of nitrogens with one attached hydrogen (secondary N) is 2. The normalized spacial score (nSPS) is 28.0. The molecule has 1 amide bonds. The highest BCUT2D eigenvalue weighted by atomic mass is 16.2. The summed E-state index contributed by atoms with van der Waals surface area (Å²) < 4.78 is 0. The fraction of sp³-hybridized carbons (Fsp3) is 0.500. The summed E-state index contributed by atoms with van der Waals surface area (Å²) in [6.45, 7) is 1.89. The molecular weight excluding hydrogens is 154 g/mol. The van der Waals surface area contributed by atoms with Crippen LogP contribution in [0.1, 0.15) is 6.92 Å². The van der Waals surface area contributed by atoms with Crippen LogP contribution in [0.4, 0.5) is 0 Å². The Morgan fingerprint density at radius 2 is 2.33 bits per heavy atom. The first-order chi connectivity index (χ1) is 5.66. The molecule has 1 rings (SSSR count). The molecule has 1 fully saturated rings. The number of nitrogens with zero attached hydrogens (tertiary/aromatic N) is 1. The molecule has 66 valence electrons. The van der Waals surface area contributed by atoms with E-state index in [9.17, 15) is 4.79 Å². The van der Waals surface area contributed by atoms with E-state index in [-0.39, 0.29) is 18.0 Å².